The van der Waals surface area contributed by atoms with Crippen molar-refractivity contribution in [2.24, 2.45) is 7.05 Å². The summed E-state index contributed by atoms with van der Waals surface area (Å²) in [7, 11) is 1.82. The molecule has 61 heavy (non-hydrogen) atoms. The zero-order valence-electron chi connectivity index (χ0n) is 33.4. The van der Waals surface area contributed by atoms with Gasteiger partial charge in [0, 0.05) is 68.3 Å². The largest absolute Gasteiger partial charge is 0.367 e. The molecule has 0 spiro atoms. The van der Waals surface area contributed by atoms with Gasteiger partial charge in [-0.15, -0.1) is 0 Å². The van der Waals surface area contributed by atoms with Gasteiger partial charge in [0.15, 0.2) is 0 Å². The number of nitrogens with one attached hydrogen (secondary N) is 4. The molecule has 0 aromatic carbocycles. The van der Waals surface area contributed by atoms with Gasteiger partial charge in [0.1, 0.15) is 41.9 Å². The maximum Gasteiger partial charge on any atom is 0.227 e. The fourth-order valence-electron chi connectivity index (χ4n) is 7.32. The summed E-state index contributed by atoms with van der Waals surface area (Å²) in [5, 5.41) is 36.3. The van der Waals surface area contributed by atoms with E-state index in [1.54, 1.807) is 66.1 Å². The van der Waals surface area contributed by atoms with Crippen molar-refractivity contribution in [1.29, 1.82) is 10.5 Å². The number of pyridine rings is 3. The third-order valence-electron chi connectivity index (χ3n) is 10.4. The molecule has 17 nitrogen and oxygen atoms in total. The van der Waals surface area contributed by atoms with Crippen LogP contribution in [0, 0.1) is 22.7 Å². The number of halogens is 2. The van der Waals surface area contributed by atoms with Gasteiger partial charge >= 0.3 is 0 Å². The summed E-state index contributed by atoms with van der Waals surface area (Å²) in [4.78, 5) is 34.5. The van der Waals surface area contributed by atoms with Crippen molar-refractivity contribution in [3.05, 3.63) is 90.9 Å². The van der Waals surface area contributed by atoms with Crippen molar-refractivity contribution in [1.82, 2.24) is 50.0 Å². The van der Waals surface area contributed by atoms with Crippen LogP contribution < -0.4 is 31.1 Å². The van der Waals surface area contributed by atoms with Gasteiger partial charge < -0.3 is 31.1 Å². The van der Waals surface area contributed by atoms with Crippen LogP contribution in [-0.4, -0.2) is 102 Å². The second kappa shape index (κ2) is 18.7. The first-order chi connectivity index (χ1) is 29.8. The van der Waals surface area contributed by atoms with Gasteiger partial charge in [-0.3, -0.25) is 4.68 Å². The van der Waals surface area contributed by atoms with Crippen molar-refractivity contribution < 1.29 is 8.78 Å². The zero-order chi connectivity index (χ0) is 42.1. The Balaban J connectivity index is 0.000000173. The van der Waals surface area contributed by atoms with E-state index in [-0.39, 0.29) is 13.1 Å². The fraction of sp³-hybridized carbons (Fsp3) is 0.333. The van der Waals surface area contributed by atoms with Crippen LogP contribution in [0.4, 0.5) is 49.5 Å². The van der Waals surface area contributed by atoms with Gasteiger partial charge in [-0.05, 0) is 75.2 Å². The summed E-state index contributed by atoms with van der Waals surface area (Å²) in [5.41, 5.74) is 5.02. The lowest BCUT2D eigenvalue weighted by Gasteiger charge is -2.24. The highest BCUT2D eigenvalue weighted by Crippen LogP contribution is 2.29. The van der Waals surface area contributed by atoms with Crippen LogP contribution in [0.25, 0.3) is 22.5 Å². The van der Waals surface area contributed by atoms with E-state index in [1.165, 1.54) is 0 Å². The molecule has 9 rings (SSSR count). The molecule has 9 heterocycles. The van der Waals surface area contributed by atoms with E-state index in [0.29, 0.717) is 89.1 Å². The molecule has 3 saturated heterocycles. The highest BCUT2D eigenvalue weighted by Gasteiger charge is 2.26. The van der Waals surface area contributed by atoms with Crippen LogP contribution in [-0.2, 0) is 7.05 Å². The molecular weight excluding hydrogens is 781 g/mol. The second-order valence-electron chi connectivity index (χ2n) is 14.9. The minimum atomic E-state index is -0.882. The van der Waals surface area contributed by atoms with Gasteiger partial charge in [-0.25, -0.2) is 43.7 Å². The average molecular weight is 824 g/mol. The number of anilines is 7. The highest BCUT2D eigenvalue weighted by atomic mass is 19.1. The van der Waals surface area contributed by atoms with Crippen molar-refractivity contribution in [2.75, 3.05) is 65.0 Å². The van der Waals surface area contributed by atoms with Crippen molar-refractivity contribution in [2.45, 2.75) is 44.1 Å². The number of piperidine rings is 1. The van der Waals surface area contributed by atoms with Crippen LogP contribution in [0.5, 0.6) is 0 Å². The number of rotatable bonds is 10. The van der Waals surface area contributed by atoms with Gasteiger partial charge in [0.25, 0.3) is 0 Å². The molecular formula is C42H43F2N17. The molecule has 0 saturated carbocycles. The maximum absolute atomic E-state index is 13.6. The number of alkyl halides is 2. The van der Waals surface area contributed by atoms with Crippen LogP contribution >= 0.6 is 0 Å². The predicted octanol–water partition coefficient (Wildman–Crippen LogP) is 5.70. The summed E-state index contributed by atoms with van der Waals surface area (Å²) >= 11 is 0. The first-order valence-corrected chi connectivity index (χ1v) is 20.0. The second-order valence-corrected chi connectivity index (χ2v) is 14.9. The molecule has 0 unspecified atom stereocenters. The normalized spacial score (nSPS) is 17.5. The monoisotopic (exact) mass is 823 g/mol. The van der Waals surface area contributed by atoms with Crippen molar-refractivity contribution in [3.8, 4) is 34.7 Å². The first kappa shape index (κ1) is 40.4. The number of aryl methyl sites for hydroxylation is 1. The van der Waals surface area contributed by atoms with E-state index in [0.717, 1.165) is 43.1 Å². The molecule has 0 radical (unpaired) electrons. The smallest absolute Gasteiger partial charge is 0.227 e. The van der Waals surface area contributed by atoms with Gasteiger partial charge in [0.05, 0.1) is 59.4 Å². The Kier molecular flexibility index (Phi) is 12.4. The minimum Gasteiger partial charge on any atom is -0.367 e. The summed E-state index contributed by atoms with van der Waals surface area (Å²) in [5.74, 6) is 2.72. The summed E-state index contributed by atoms with van der Waals surface area (Å²) < 4.78 is 28.8. The molecule has 0 amide bonds. The Labute approximate surface area is 351 Å². The number of aromatic nitrogens is 9. The number of nitriles is 2. The standard InChI is InChI=1S/C24H26FN9.C18H17FN8/c25-18-6-10-34(15-18)23-16(12-26)11-17(13-30-23)21-5-9-28-24(33-21)32-20-1-2-22(29-14-20)31-19-3-7-27-8-4-19;1-26-11-15(9-23-26)24-18-21-4-2-16(25-18)13-6-12(7-20)17(22-8-13)27-5-3-14(19)10-27/h1-2,5,9,11,13-14,18-19,27H,3-4,6-8,10,15H2,(H,29,31)(H,28,32,33);2,4,6,8-9,11,14H,3,5,10H2,1H3,(H,21,24,25)/t18-;14-/m00/s1. The molecule has 0 aliphatic carbocycles. The van der Waals surface area contributed by atoms with Gasteiger partial charge in [-0.2, -0.15) is 15.6 Å². The summed E-state index contributed by atoms with van der Waals surface area (Å²) in [6.45, 7) is 3.71. The molecule has 3 aliphatic rings. The van der Waals surface area contributed by atoms with E-state index in [9.17, 15) is 19.3 Å². The fourth-order valence-corrected chi connectivity index (χ4v) is 7.32. The Bertz CT molecular complexity index is 2530. The number of hydrogen-bond acceptors (Lipinski definition) is 16. The van der Waals surface area contributed by atoms with E-state index < -0.39 is 12.3 Å². The molecule has 6 aromatic rings. The number of hydrogen-bond donors (Lipinski definition) is 4. The predicted molar refractivity (Wildman–Crippen MR) is 227 cm³/mol. The van der Waals surface area contributed by atoms with Crippen LogP contribution in [0.2, 0.25) is 0 Å². The third-order valence-corrected chi connectivity index (χ3v) is 10.4. The number of nitrogens with zero attached hydrogens (tertiary/aromatic N) is 13. The molecule has 19 heteroatoms. The van der Waals surface area contributed by atoms with Crippen LogP contribution in [0.15, 0.2) is 79.8 Å². The van der Waals surface area contributed by atoms with E-state index in [1.807, 2.05) is 35.2 Å². The molecule has 0 bridgehead atoms. The Morgan fingerprint density at radius 2 is 1.26 bits per heavy atom. The Hall–Kier alpha value is -7.38. The molecule has 3 aliphatic heterocycles. The van der Waals surface area contributed by atoms with Crippen LogP contribution in [0.1, 0.15) is 36.8 Å². The lowest BCUT2D eigenvalue weighted by molar-refractivity contribution is 0.364. The highest BCUT2D eigenvalue weighted by molar-refractivity contribution is 5.69. The van der Waals surface area contributed by atoms with Gasteiger partial charge in [-0.1, -0.05) is 0 Å². The zero-order valence-corrected chi connectivity index (χ0v) is 33.4. The Morgan fingerprint density at radius 3 is 1.74 bits per heavy atom. The Morgan fingerprint density at radius 1 is 0.689 bits per heavy atom. The average Bonchev–Trinajstić information content (AvgIpc) is 4.05. The van der Waals surface area contributed by atoms with Crippen molar-refractivity contribution in [3.63, 3.8) is 0 Å². The minimum absolute atomic E-state index is 0.267. The van der Waals surface area contributed by atoms with E-state index in [4.69, 9.17) is 0 Å². The molecule has 4 N–H and O–H groups in total. The van der Waals surface area contributed by atoms with E-state index in [2.05, 4.69) is 73.4 Å². The SMILES string of the molecule is Cn1cc(Nc2nccc(-c3cnc(N4CC[C@H](F)C4)c(C#N)c3)n2)cn1.N#Cc1cc(-c2ccnc(Nc3ccc(NC4CCNCC4)nc3)n2)cnc1N1CC[C@H](F)C1. The molecule has 3 fully saturated rings. The van der Waals surface area contributed by atoms with Crippen molar-refractivity contribution >= 4 is 40.7 Å². The lowest BCUT2D eigenvalue weighted by atomic mass is 10.1. The summed E-state index contributed by atoms with van der Waals surface area (Å²) in [6.07, 6.45) is 13.2. The quantitative estimate of drug-likeness (QED) is 0.131. The third kappa shape index (κ3) is 10.1. The molecule has 6 aromatic heterocycles. The maximum atomic E-state index is 13.6. The first-order valence-electron chi connectivity index (χ1n) is 20.0. The van der Waals surface area contributed by atoms with E-state index >= 15 is 0 Å². The lowest BCUT2D eigenvalue weighted by Crippen LogP contribution is -2.35. The van der Waals surface area contributed by atoms with Crippen LogP contribution in [0.3, 0.4) is 0 Å². The topological polar surface area (TPSA) is 210 Å². The molecule has 2 atom stereocenters. The molecule has 310 valence electrons. The van der Waals surface area contributed by atoms with Gasteiger partial charge in [0.2, 0.25) is 11.9 Å². The summed E-state index contributed by atoms with van der Waals surface area (Å²) in [6, 6.07) is 15.6.